The molecule has 3 nitrogen and oxygen atoms in total. The van der Waals surface area contributed by atoms with Gasteiger partial charge in [-0.1, -0.05) is 18.9 Å². The molecule has 2 rings (SSSR count). The van der Waals surface area contributed by atoms with Gasteiger partial charge in [-0.25, -0.2) is 0 Å². The van der Waals surface area contributed by atoms with Gasteiger partial charge in [-0.15, -0.1) is 11.8 Å². The van der Waals surface area contributed by atoms with E-state index in [9.17, 15) is 0 Å². The molecule has 104 valence electrons. The summed E-state index contributed by atoms with van der Waals surface area (Å²) >= 11 is 1.65. The molecule has 4 heteroatoms. The Morgan fingerprint density at radius 3 is 2.68 bits per heavy atom. The highest BCUT2D eigenvalue weighted by Crippen LogP contribution is 2.31. The fourth-order valence-electron chi connectivity index (χ4n) is 2.96. The van der Waals surface area contributed by atoms with Crippen LogP contribution >= 0.6 is 11.8 Å². The van der Waals surface area contributed by atoms with Crippen molar-refractivity contribution in [2.24, 2.45) is 11.7 Å². The maximum Gasteiger partial charge on any atom is 0.126 e. The van der Waals surface area contributed by atoms with Crippen molar-refractivity contribution in [3.05, 3.63) is 23.8 Å². The highest BCUT2D eigenvalue weighted by atomic mass is 32.2. The normalized spacial score (nSPS) is 15.7. The first-order valence-corrected chi connectivity index (χ1v) is 8.08. The van der Waals surface area contributed by atoms with Crippen molar-refractivity contribution in [2.75, 3.05) is 24.7 Å². The lowest BCUT2D eigenvalue weighted by Crippen LogP contribution is -2.27. The van der Waals surface area contributed by atoms with Crippen LogP contribution < -0.4 is 10.6 Å². The molecule has 0 spiro atoms. The second-order valence-electron chi connectivity index (χ2n) is 5.30. The van der Waals surface area contributed by atoms with E-state index >= 15 is 0 Å². The van der Waals surface area contributed by atoms with Gasteiger partial charge in [-0.3, -0.25) is 5.41 Å². The molecular weight excluding hydrogens is 254 g/mol. The topological polar surface area (TPSA) is 53.1 Å². The summed E-state index contributed by atoms with van der Waals surface area (Å²) in [6, 6.07) is 6.17. The smallest absolute Gasteiger partial charge is 0.126 e. The Morgan fingerprint density at radius 1 is 1.42 bits per heavy atom. The predicted molar refractivity (Wildman–Crippen MR) is 84.5 cm³/mol. The lowest BCUT2D eigenvalue weighted by Gasteiger charge is -2.26. The first kappa shape index (κ1) is 14.3. The standard InChI is InChI=1S/C15H23N3S/c1-18(10-11-6-3-4-7-11)12-8-5-9-13(19-2)14(12)15(16)17/h5,8-9,11H,3-4,6-7,10H2,1-2H3,(H3,16,17). The van der Waals surface area contributed by atoms with Crippen LogP contribution in [0.2, 0.25) is 0 Å². The van der Waals surface area contributed by atoms with Crippen LogP contribution in [0, 0.1) is 11.3 Å². The van der Waals surface area contributed by atoms with Gasteiger partial charge < -0.3 is 10.6 Å². The summed E-state index contributed by atoms with van der Waals surface area (Å²) in [7, 11) is 2.12. The van der Waals surface area contributed by atoms with E-state index in [0.717, 1.165) is 28.6 Å². The number of amidine groups is 1. The molecule has 1 aliphatic rings. The SMILES string of the molecule is CSc1cccc(N(C)CC2CCCC2)c1C(=N)N. The zero-order valence-electron chi connectivity index (χ0n) is 11.8. The number of nitrogens with one attached hydrogen (secondary N) is 1. The van der Waals surface area contributed by atoms with Crippen LogP contribution in [0.15, 0.2) is 23.1 Å². The number of benzene rings is 1. The Balaban J connectivity index is 2.24. The number of hydrogen-bond acceptors (Lipinski definition) is 3. The minimum Gasteiger partial charge on any atom is -0.384 e. The van der Waals surface area contributed by atoms with Gasteiger partial charge in [-0.05, 0) is 37.1 Å². The van der Waals surface area contributed by atoms with Gasteiger partial charge in [0, 0.05) is 24.2 Å². The van der Waals surface area contributed by atoms with Crippen molar-refractivity contribution in [1.82, 2.24) is 0 Å². The molecule has 0 radical (unpaired) electrons. The van der Waals surface area contributed by atoms with Gasteiger partial charge >= 0.3 is 0 Å². The van der Waals surface area contributed by atoms with Crippen molar-refractivity contribution in [1.29, 1.82) is 5.41 Å². The van der Waals surface area contributed by atoms with Crippen LogP contribution in [0.25, 0.3) is 0 Å². The summed E-state index contributed by atoms with van der Waals surface area (Å²) in [4.78, 5) is 3.36. The summed E-state index contributed by atoms with van der Waals surface area (Å²) in [6.07, 6.45) is 7.43. The minimum absolute atomic E-state index is 0.165. The first-order valence-electron chi connectivity index (χ1n) is 6.86. The van der Waals surface area contributed by atoms with Crippen LogP contribution in [0.3, 0.4) is 0 Å². The Hall–Kier alpha value is -1.16. The average Bonchev–Trinajstić information content (AvgIpc) is 2.90. The van der Waals surface area contributed by atoms with Gasteiger partial charge in [0.05, 0.1) is 5.56 Å². The maximum atomic E-state index is 7.84. The molecule has 1 aliphatic carbocycles. The largest absolute Gasteiger partial charge is 0.384 e. The molecule has 1 saturated carbocycles. The Morgan fingerprint density at radius 2 is 2.11 bits per heavy atom. The molecule has 0 atom stereocenters. The van der Waals surface area contributed by atoms with Crippen molar-refractivity contribution >= 4 is 23.3 Å². The highest BCUT2D eigenvalue weighted by Gasteiger charge is 2.20. The van der Waals surface area contributed by atoms with Crippen molar-refractivity contribution in [3.8, 4) is 0 Å². The fourth-order valence-corrected chi connectivity index (χ4v) is 3.59. The summed E-state index contributed by atoms with van der Waals surface area (Å²) in [5.74, 6) is 0.959. The maximum absolute atomic E-state index is 7.84. The number of anilines is 1. The third-order valence-electron chi connectivity index (χ3n) is 3.91. The van der Waals surface area contributed by atoms with E-state index < -0.39 is 0 Å². The van der Waals surface area contributed by atoms with Crippen molar-refractivity contribution in [3.63, 3.8) is 0 Å². The van der Waals surface area contributed by atoms with E-state index in [1.807, 2.05) is 12.3 Å². The molecule has 1 aromatic rings. The number of thioether (sulfide) groups is 1. The van der Waals surface area contributed by atoms with Gasteiger partial charge in [0.25, 0.3) is 0 Å². The number of nitrogen functional groups attached to an aromatic ring is 1. The molecule has 0 unspecified atom stereocenters. The van der Waals surface area contributed by atoms with Crippen LogP contribution in [-0.2, 0) is 0 Å². The Bertz CT molecular complexity index is 453. The number of nitrogens with two attached hydrogens (primary N) is 1. The van der Waals surface area contributed by atoms with Gasteiger partial charge in [0.15, 0.2) is 0 Å². The molecule has 19 heavy (non-hydrogen) atoms. The van der Waals surface area contributed by atoms with Gasteiger partial charge in [-0.2, -0.15) is 0 Å². The molecule has 0 amide bonds. The van der Waals surface area contributed by atoms with Crippen molar-refractivity contribution in [2.45, 2.75) is 30.6 Å². The number of hydrogen-bond donors (Lipinski definition) is 2. The monoisotopic (exact) mass is 277 g/mol. The Kier molecular flexibility index (Phi) is 4.75. The van der Waals surface area contributed by atoms with Crippen molar-refractivity contribution < 1.29 is 0 Å². The molecule has 0 heterocycles. The Labute approximate surface area is 120 Å². The lowest BCUT2D eigenvalue weighted by atomic mass is 10.1. The second kappa shape index (κ2) is 6.33. The average molecular weight is 277 g/mol. The number of nitrogens with zero attached hydrogens (tertiary/aromatic N) is 1. The lowest BCUT2D eigenvalue weighted by molar-refractivity contribution is 0.547. The fraction of sp³-hybridized carbons (Fsp3) is 0.533. The number of rotatable bonds is 5. The molecule has 0 aliphatic heterocycles. The third kappa shape index (κ3) is 3.24. The summed E-state index contributed by atoms with van der Waals surface area (Å²) in [5, 5.41) is 7.84. The van der Waals surface area contributed by atoms with E-state index in [-0.39, 0.29) is 5.84 Å². The van der Waals surface area contributed by atoms with E-state index in [1.54, 1.807) is 11.8 Å². The van der Waals surface area contributed by atoms with Gasteiger partial charge in [0.1, 0.15) is 5.84 Å². The molecule has 0 bridgehead atoms. The van der Waals surface area contributed by atoms with Crippen LogP contribution in [-0.4, -0.2) is 25.7 Å². The van der Waals surface area contributed by atoms with E-state index in [2.05, 4.69) is 24.1 Å². The molecule has 3 N–H and O–H groups in total. The molecule has 1 aromatic carbocycles. The molecule has 1 fully saturated rings. The first-order chi connectivity index (χ1) is 9.13. The zero-order chi connectivity index (χ0) is 13.8. The van der Waals surface area contributed by atoms with E-state index in [1.165, 1.54) is 25.7 Å². The van der Waals surface area contributed by atoms with Gasteiger partial charge in [0.2, 0.25) is 0 Å². The molecule has 0 aromatic heterocycles. The van der Waals surface area contributed by atoms with E-state index in [0.29, 0.717) is 0 Å². The highest BCUT2D eigenvalue weighted by molar-refractivity contribution is 7.98. The van der Waals surface area contributed by atoms with Crippen LogP contribution in [0.5, 0.6) is 0 Å². The zero-order valence-corrected chi connectivity index (χ0v) is 12.6. The summed E-state index contributed by atoms with van der Waals surface area (Å²) in [6.45, 7) is 1.07. The minimum atomic E-state index is 0.165. The summed E-state index contributed by atoms with van der Waals surface area (Å²) in [5.41, 5.74) is 7.75. The third-order valence-corrected chi connectivity index (χ3v) is 4.69. The second-order valence-corrected chi connectivity index (χ2v) is 6.15. The summed E-state index contributed by atoms with van der Waals surface area (Å²) < 4.78 is 0. The van der Waals surface area contributed by atoms with Crippen LogP contribution in [0.1, 0.15) is 31.2 Å². The predicted octanol–water partition coefficient (Wildman–Crippen LogP) is 3.32. The molecule has 0 saturated heterocycles. The van der Waals surface area contributed by atoms with Crippen LogP contribution in [0.4, 0.5) is 5.69 Å². The van der Waals surface area contributed by atoms with E-state index in [4.69, 9.17) is 11.1 Å². The quantitative estimate of drug-likeness (QED) is 0.493. The molecular formula is C15H23N3S.